The van der Waals surface area contributed by atoms with Crippen molar-refractivity contribution in [2.75, 3.05) is 6.26 Å². The summed E-state index contributed by atoms with van der Waals surface area (Å²) in [6.07, 6.45) is 6.32. The van der Waals surface area contributed by atoms with E-state index in [0.717, 1.165) is 39.6 Å². The monoisotopic (exact) mass is 383 g/mol. The van der Waals surface area contributed by atoms with E-state index >= 15 is 0 Å². The summed E-state index contributed by atoms with van der Waals surface area (Å²) in [4.78, 5) is 14.3. The van der Waals surface area contributed by atoms with Gasteiger partial charge in [0, 0.05) is 27.8 Å². The number of carbonyl (C=O) groups excluding carboxylic acids is 1. The maximum absolute atomic E-state index is 13.2. The molecule has 0 bridgehead atoms. The fourth-order valence-corrected chi connectivity index (χ4v) is 4.13. The average molecular weight is 384 g/mol. The molecular weight excluding hydrogens is 366 g/mol. The van der Waals surface area contributed by atoms with Gasteiger partial charge in [0.05, 0.1) is 11.8 Å². The van der Waals surface area contributed by atoms with E-state index in [4.69, 9.17) is 16.1 Å². The fourth-order valence-electron chi connectivity index (χ4n) is 3.19. The SMILES string of the molecule is CSc1cccc(Cl)c1Cc1ccccc1C(=O)c1cnoc1C1CC1. The maximum Gasteiger partial charge on any atom is 0.198 e. The van der Waals surface area contributed by atoms with Crippen LogP contribution in [-0.2, 0) is 6.42 Å². The Morgan fingerprint density at radius 2 is 2.00 bits per heavy atom. The van der Waals surface area contributed by atoms with Crippen LogP contribution in [-0.4, -0.2) is 17.2 Å². The van der Waals surface area contributed by atoms with Crippen LogP contribution in [0.3, 0.4) is 0 Å². The summed E-state index contributed by atoms with van der Waals surface area (Å²) in [6, 6.07) is 13.6. The third-order valence-electron chi connectivity index (χ3n) is 4.72. The maximum atomic E-state index is 13.2. The van der Waals surface area contributed by atoms with Crippen LogP contribution in [0.15, 0.2) is 58.1 Å². The first-order valence-electron chi connectivity index (χ1n) is 8.57. The number of aromatic nitrogens is 1. The van der Waals surface area contributed by atoms with Crippen molar-refractivity contribution in [1.82, 2.24) is 5.16 Å². The number of halogens is 1. The smallest absolute Gasteiger partial charge is 0.198 e. The van der Waals surface area contributed by atoms with E-state index in [0.29, 0.717) is 23.5 Å². The summed E-state index contributed by atoms with van der Waals surface area (Å²) in [5, 5.41) is 4.59. The Bertz CT molecular complexity index is 962. The Hall–Kier alpha value is -2.04. The zero-order chi connectivity index (χ0) is 18.1. The van der Waals surface area contributed by atoms with Crippen molar-refractivity contribution >= 4 is 29.1 Å². The van der Waals surface area contributed by atoms with Crippen LogP contribution in [0, 0.1) is 0 Å². The van der Waals surface area contributed by atoms with Crippen molar-refractivity contribution in [2.24, 2.45) is 0 Å². The van der Waals surface area contributed by atoms with Crippen molar-refractivity contribution in [3.8, 4) is 0 Å². The van der Waals surface area contributed by atoms with Gasteiger partial charge in [-0.3, -0.25) is 4.79 Å². The molecule has 0 atom stereocenters. The highest BCUT2D eigenvalue weighted by Gasteiger charge is 2.33. The summed E-state index contributed by atoms with van der Waals surface area (Å²) in [6.45, 7) is 0. The van der Waals surface area contributed by atoms with Crippen LogP contribution < -0.4 is 0 Å². The molecule has 1 aliphatic carbocycles. The molecule has 0 aliphatic heterocycles. The zero-order valence-corrected chi connectivity index (χ0v) is 15.9. The van der Waals surface area contributed by atoms with Gasteiger partial charge in [0.2, 0.25) is 0 Å². The molecule has 1 aromatic heterocycles. The lowest BCUT2D eigenvalue weighted by Crippen LogP contribution is -2.07. The van der Waals surface area contributed by atoms with E-state index in [1.54, 1.807) is 18.0 Å². The number of carbonyl (C=O) groups is 1. The lowest BCUT2D eigenvalue weighted by Gasteiger charge is -2.13. The fraction of sp³-hybridized carbons (Fsp3) is 0.238. The molecule has 1 heterocycles. The molecule has 0 amide bonds. The summed E-state index contributed by atoms with van der Waals surface area (Å²) in [7, 11) is 0. The van der Waals surface area contributed by atoms with Crippen LogP contribution in [0.5, 0.6) is 0 Å². The molecule has 0 radical (unpaired) electrons. The number of hydrogen-bond donors (Lipinski definition) is 0. The van der Waals surface area contributed by atoms with E-state index < -0.39 is 0 Å². The van der Waals surface area contributed by atoms with Crippen molar-refractivity contribution in [3.63, 3.8) is 0 Å². The van der Waals surface area contributed by atoms with Crippen LogP contribution in [0.1, 0.15) is 51.6 Å². The molecule has 4 rings (SSSR count). The predicted octanol–water partition coefficient (Wildman–Crippen LogP) is 5.75. The first-order valence-corrected chi connectivity index (χ1v) is 10.2. The largest absolute Gasteiger partial charge is 0.360 e. The van der Waals surface area contributed by atoms with Crippen molar-refractivity contribution < 1.29 is 9.32 Å². The van der Waals surface area contributed by atoms with Gasteiger partial charge in [-0.25, -0.2) is 0 Å². The average Bonchev–Trinajstić information content (AvgIpc) is 3.39. The van der Waals surface area contributed by atoms with Crippen LogP contribution in [0.25, 0.3) is 0 Å². The number of rotatable bonds is 6. The topological polar surface area (TPSA) is 43.1 Å². The molecule has 0 N–H and O–H groups in total. The van der Waals surface area contributed by atoms with Gasteiger partial charge >= 0.3 is 0 Å². The Balaban J connectivity index is 1.72. The molecule has 0 saturated heterocycles. The van der Waals surface area contributed by atoms with Crippen LogP contribution in [0.4, 0.5) is 0 Å². The quantitative estimate of drug-likeness (QED) is 0.401. The van der Waals surface area contributed by atoms with Crippen molar-refractivity contribution in [2.45, 2.75) is 30.1 Å². The number of thioether (sulfide) groups is 1. The van der Waals surface area contributed by atoms with E-state index in [-0.39, 0.29) is 5.78 Å². The summed E-state index contributed by atoms with van der Waals surface area (Å²) in [5.41, 5.74) is 3.28. The van der Waals surface area contributed by atoms with Gasteiger partial charge in [0.1, 0.15) is 0 Å². The number of hydrogen-bond acceptors (Lipinski definition) is 4. The van der Waals surface area contributed by atoms with Gasteiger partial charge in [-0.15, -0.1) is 11.8 Å². The molecule has 2 aromatic carbocycles. The van der Waals surface area contributed by atoms with E-state index in [1.165, 1.54) is 0 Å². The highest BCUT2D eigenvalue weighted by Crippen LogP contribution is 2.42. The number of benzene rings is 2. The normalized spacial score (nSPS) is 13.8. The lowest BCUT2D eigenvalue weighted by molar-refractivity contribution is 0.103. The highest BCUT2D eigenvalue weighted by molar-refractivity contribution is 7.98. The molecule has 26 heavy (non-hydrogen) atoms. The van der Waals surface area contributed by atoms with Crippen molar-refractivity contribution in [1.29, 1.82) is 0 Å². The molecular formula is C21H18ClNO2S. The van der Waals surface area contributed by atoms with Crippen molar-refractivity contribution in [3.05, 3.63) is 81.7 Å². The van der Waals surface area contributed by atoms with E-state index in [9.17, 15) is 4.79 Å². The summed E-state index contributed by atoms with van der Waals surface area (Å²) >= 11 is 8.10. The van der Waals surface area contributed by atoms with Gasteiger partial charge < -0.3 is 4.52 Å². The van der Waals surface area contributed by atoms with E-state index in [1.807, 2.05) is 42.7 Å². The number of nitrogens with zero attached hydrogens (tertiary/aromatic N) is 1. The molecule has 1 aliphatic rings. The third kappa shape index (κ3) is 3.31. The number of ketones is 1. The standard InChI is InChI=1S/C21H18ClNO2S/c1-26-19-8-4-7-18(22)16(19)11-14-5-2-3-6-15(14)20(24)17-12-23-25-21(17)13-9-10-13/h2-8,12-13H,9-11H2,1H3. The second kappa shape index (κ2) is 7.29. The molecule has 3 aromatic rings. The predicted molar refractivity (Wildman–Crippen MR) is 104 cm³/mol. The molecule has 1 fully saturated rings. The van der Waals surface area contributed by atoms with Crippen LogP contribution >= 0.6 is 23.4 Å². The highest BCUT2D eigenvalue weighted by atomic mass is 35.5. The molecule has 0 unspecified atom stereocenters. The molecule has 0 spiro atoms. The molecule has 5 heteroatoms. The molecule has 1 saturated carbocycles. The Morgan fingerprint density at radius 3 is 2.77 bits per heavy atom. The second-order valence-corrected chi connectivity index (χ2v) is 7.72. The minimum Gasteiger partial charge on any atom is -0.360 e. The van der Waals surface area contributed by atoms with Gasteiger partial charge in [0.15, 0.2) is 11.5 Å². The molecule has 3 nitrogen and oxygen atoms in total. The van der Waals surface area contributed by atoms with Crippen LogP contribution in [0.2, 0.25) is 5.02 Å². The second-order valence-electron chi connectivity index (χ2n) is 6.46. The first kappa shape index (κ1) is 17.4. The Morgan fingerprint density at radius 1 is 1.19 bits per heavy atom. The Kier molecular flexibility index (Phi) is 4.88. The summed E-state index contributed by atoms with van der Waals surface area (Å²) in [5.74, 6) is 1.05. The zero-order valence-electron chi connectivity index (χ0n) is 14.4. The van der Waals surface area contributed by atoms with Gasteiger partial charge in [-0.2, -0.15) is 0 Å². The van der Waals surface area contributed by atoms with E-state index in [2.05, 4.69) is 11.2 Å². The third-order valence-corrected chi connectivity index (χ3v) is 5.89. The summed E-state index contributed by atoms with van der Waals surface area (Å²) < 4.78 is 5.35. The van der Waals surface area contributed by atoms with Gasteiger partial charge in [0.25, 0.3) is 0 Å². The first-order chi connectivity index (χ1) is 12.7. The minimum absolute atomic E-state index is 0.0264. The van der Waals surface area contributed by atoms with Gasteiger partial charge in [-0.05, 0) is 42.4 Å². The minimum atomic E-state index is -0.0264. The van der Waals surface area contributed by atoms with Gasteiger partial charge in [-0.1, -0.05) is 47.1 Å². The molecule has 132 valence electrons. The Labute approximate surface area is 161 Å². The lowest BCUT2D eigenvalue weighted by atomic mass is 9.94.